The molecular formula is C17H18N2S. The Labute approximate surface area is 123 Å². The van der Waals surface area contributed by atoms with Crippen LogP contribution in [0.5, 0.6) is 0 Å². The summed E-state index contributed by atoms with van der Waals surface area (Å²) in [7, 11) is 0. The van der Waals surface area contributed by atoms with Crippen LogP contribution in [-0.4, -0.2) is 11.0 Å². The summed E-state index contributed by atoms with van der Waals surface area (Å²) in [6, 6.07) is 15.2. The van der Waals surface area contributed by atoms with Crippen LogP contribution in [0.4, 0.5) is 0 Å². The number of aromatic nitrogens is 1. The number of para-hydroxylation sites is 1. The fourth-order valence-corrected chi connectivity index (χ4v) is 3.23. The number of thiophene rings is 1. The molecule has 1 atom stereocenters. The van der Waals surface area contributed by atoms with Gasteiger partial charge in [-0.15, -0.1) is 11.3 Å². The van der Waals surface area contributed by atoms with E-state index in [1.54, 1.807) is 0 Å². The van der Waals surface area contributed by atoms with Gasteiger partial charge in [-0.3, -0.25) is 4.98 Å². The number of benzene rings is 1. The number of hydrogen-bond donors (Lipinski definition) is 1. The Morgan fingerprint density at radius 1 is 1.15 bits per heavy atom. The van der Waals surface area contributed by atoms with Gasteiger partial charge in [-0.1, -0.05) is 24.3 Å². The van der Waals surface area contributed by atoms with E-state index in [1.165, 1.54) is 15.8 Å². The van der Waals surface area contributed by atoms with Crippen LogP contribution in [0.2, 0.25) is 0 Å². The summed E-state index contributed by atoms with van der Waals surface area (Å²) in [5.41, 5.74) is 2.38. The second-order valence-electron chi connectivity index (χ2n) is 5.05. The maximum atomic E-state index is 4.40. The van der Waals surface area contributed by atoms with Crippen LogP contribution >= 0.6 is 11.3 Å². The molecule has 3 heteroatoms. The molecule has 1 unspecified atom stereocenters. The van der Waals surface area contributed by atoms with Crippen molar-refractivity contribution in [2.45, 2.75) is 25.9 Å². The highest BCUT2D eigenvalue weighted by Gasteiger charge is 2.06. The van der Waals surface area contributed by atoms with Crippen LogP contribution < -0.4 is 5.32 Å². The van der Waals surface area contributed by atoms with Gasteiger partial charge in [0.2, 0.25) is 0 Å². The van der Waals surface area contributed by atoms with E-state index in [9.17, 15) is 0 Å². The Morgan fingerprint density at radius 3 is 2.90 bits per heavy atom. The molecule has 0 spiro atoms. The number of hydrogen-bond acceptors (Lipinski definition) is 3. The molecule has 2 nitrogen and oxygen atoms in total. The van der Waals surface area contributed by atoms with Gasteiger partial charge in [-0.2, -0.15) is 0 Å². The predicted molar refractivity (Wildman–Crippen MR) is 86.1 cm³/mol. The summed E-state index contributed by atoms with van der Waals surface area (Å²) < 4.78 is 0. The van der Waals surface area contributed by atoms with E-state index in [4.69, 9.17) is 0 Å². The van der Waals surface area contributed by atoms with Crippen molar-refractivity contribution in [2.75, 3.05) is 0 Å². The first-order chi connectivity index (χ1) is 9.83. The predicted octanol–water partition coefficient (Wildman–Crippen LogP) is 4.02. The Morgan fingerprint density at radius 2 is 2.05 bits per heavy atom. The molecule has 3 rings (SSSR count). The minimum absolute atomic E-state index is 0.473. The molecule has 1 aromatic carbocycles. The number of fused-ring (bicyclic) bond motifs is 1. The van der Waals surface area contributed by atoms with E-state index in [2.05, 4.69) is 59.0 Å². The first-order valence-corrected chi connectivity index (χ1v) is 7.79. The molecule has 2 aromatic heterocycles. The summed E-state index contributed by atoms with van der Waals surface area (Å²) in [6.45, 7) is 3.12. The monoisotopic (exact) mass is 282 g/mol. The fourth-order valence-electron chi connectivity index (χ4n) is 2.40. The summed E-state index contributed by atoms with van der Waals surface area (Å²) in [4.78, 5) is 5.84. The zero-order valence-corrected chi connectivity index (χ0v) is 12.4. The van der Waals surface area contributed by atoms with Crippen molar-refractivity contribution in [3.63, 3.8) is 0 Å². The molecule has 0 saturated carbocycles. The second-order valence-corrected chi connectivity index (χ2v) is 6.08. The third-order valence-corrected chi connectivity index (χ3v) is 4.37. The lowest BCUT2D eigenvalue weighted by Gasteiger charge is -2.14. The molecule has 0 fully saturated rings. The number of pyridine rings is 1. The van der Waals surface area contributed by atoms with Gasteiger partial charge in [0.25, 0.3) is 0 Å². The van der Waals surface area contributed by atoms with Crippen molar-refractivity contribution in [1.29, 1.82) is 0 Å². The smallest absolute Gasteiger partial charge is 0.0705 e. The number of nitrogens with one attached hydrogen (secondary N) is 1. The van der Waals surface area contributed by atoms with E-state index < -0.39 is 0 Å². The van der Waals surface area contributed by atoms with Crippen molar-refractivity contribution in [1.82, 2.24) is 10.3 Å². The molecule has 3 aromatic rings. The van der Waals surface area contributed by atoms with Crippen LogP contribution in [0, 0.1) is 0 Å². The average molecular weight is 282 g/mol. The molecule has 2 heterocycles. The molecule has 0 aliphatic carbocycles. The lowest BCUT2D eigenvalue weighted by atomic mass is 10.1. The zero-order chi connectivity index (χ0) is 13.8. The molecule has 0 bridgehead atoms. The molecule has 1 N–H and O–H groups in total. The minimum Gasteiger partial charge on any atom is -0.310 e. The largest absolute Gasteiger partial charge is 0.310 e. The molecule has 20 heavy (non-hydrogen) atoms. The van der Waals surface area contributed by atoms with Gasteiger partial charge in [0.05, 0.1) is 5.52 Å². The molecule has 0 aliphatic rings. The highest BCUT2D eigenvalue weighted by molar-refractivity contribution is 7.09. The highest BCUT2D eigenvalue weighted by Crippen LogP contribution is 2.16. The van der Waals surface area contributed by atoms with Crippen LogP contribution in [0.25, 0.3) is 10.9 Å². The molecule has 0 aliphatic heterocycles. The summed E-state index contributed by atoms with van der Waals surface area (Å²) in [6.07, 6.45) is 2.98. The Kier molecular flexibility index (Phi) is 4.09. The van der Waals surface area contributed by atoms with Crippen molar-refractivity contribution >= 4 is 22.2 Å². The Hall–Kier alpha value is -1.71. The first-order valence-electron chi connectivity index (χ1n) is 6.91. The van der Waals surface area contributed by atoms with Crippen molar-refractivity contribution < 1.29 is 0 Å². The van der Waals surface area contributed by atoms with Crippen LogP contribution in [-0.2, 0) is 13.0 Å². The topological polar surface area (TPSA) is 24.9 Å². The maximum absolute atomic E-state index is 4.40. The normalized spacial score (nSPS) is 12.7. The molecular weight excluding hydrogens is 264 g/mol. The highest BCUT2D eigenvalue weighted by atomic mass is 32.1. The van der Waals surface area contributed by atoms with Gasteiger partial charge in [0.15, 0.2) is 0 Å². The van der Waals surface area contributed by atoms with Gasteiger partial charge in [-0.05, 0) is 42.5 Å². The van der Waals surface area contributed by atoms with Gasteiger partial charge in [0, 0.05) is 29.0 Å². The van der Waals surface area contributed by atoms with E-state index in [0.717, 1.165) is 18.5 Å². The number of rotatable bonds is 5. The van der Waals surface area contributed by atoms with Gasteiger partial charge >= 0.3 is 0 Å². The van der Waals surface area contributed by atoms with E-state index in [1.807, 2.05) is 23.6 Å². The fraction of sp³-hybridized carbons (Fsp3) is 0.235. The van der Waals surface area contributed by atoms with Crippen molar-refractivity contribution in [3.8, 4) is 0 Å². The van der Waals surface area contributed by atoms with E-state index in [0.29, 0.717) is 6.04 Å². The van der Waals surface area contributed by atoms with Gasteiger partial charge < -0.3 is 5.32 Å². The summed E-state index contributed by atoms with van der Waals surface area (Å²) >= 11 is 1.83. The molecule has 0 amide bonds. The second kappa shape index (κ2) is 6.16. The molecule has 0 radical (unpaired) electrons. The van der Waals surface area contributed by atoms with Gasteiger partial charge in [-0.25, -0.2) is 0 Å². The summed E-state index contributed by atoms with van der Waals surface area (Å²) in [5, 5.41) is 6.99. The van der Waals surface area contributed by atoms with Crippen LogP contribution in [0.1, 0.15) is 17.4 Å². The van der Waals surface area contributed by atoms with Crippen molar-refractivity contribution in [3.05, 3.63) is 64.5 Å². The van der Waals surface area contributed by atoms with Crippen LogP contribution in [0.3, 0.4) is 0 Å². The zero-order valence-electron chi connectivity index (χ0n) is 11.5. The number of nitrogens with zero attached hydrogens (tertiary/aromatic N) is 1. The first kappa shape index (κ1) is 13.3. The van der Waals surface area contributed by atoms with Crippen molar-refractivity contribution in [2.24, 2.45) is 0 Å². The lowest BCUT2D eigenvalue weighted by molar-refractivity contribution is 0.550. The Balaban J connectivity index is 1.67. The lowest BCUT2D eigenvalue weighted by Crippen LogP contribution is -2.27. The SMILES string of the molecule is CC(Cc1cccs1)NCc1ccnc2ccccc12. The maximum Gasteiger partial charge on any atom is 0.0705 e. The molecule has 0 saturated heterocycles. The van der Waals surface area contributed by atoms with Gasteiger partial charge in [0.1, 0.15) is 0 Å². The average Bonchev–Trinajstić information content (AvgIpc) is 2.98. The summed E-state index contributed by atoms with van der Waals surface area (Å²) in [5.74, 6) is 0. The standard InChI is InChI=1S/C17H18N2S/c1-13(11-15-5-4-10-20-15)19-12-14-8-9-18-17-7-3-2-6-16(14)17/h2-10,13,19H,11-12H2,1H3. The van der Waals surface area contributed by atoms with E-state index in [-0.39, 0.29) is 0 Å². The Bertz CT molecular complexity index is 671. The third-order valence-electron chi connectivity index (χ3n) is 3.47. The van der Waals surface area contributed by atoms with Crippen LogP contribution in [0.15, 0.2) is 54.0 Å². The third kappa shape index (κ3) is 3.06. The quantitative estimate of drug-likeness (QED) is 0.764. The minimum atomic E-state index is 0.473. The molecule has 102 valence electrons. The van der Waals surface area contributed by atoms with E-state index >= 15 is 0 Å².